The Morgan fingerprint density at radius 2 is 2.24 bits per heavy atom. The van der Waals surface area contributed by atoms with Crippen LogP contribution in [0.2, 0.25) is 0 Å². The molecule has 0 radical (unpaired) electrons. The Labute approximate surface area is 125 Å². The highest BCUT2D eigenvalue weighted by molar-refractivity contribution is 7.89. The summed E-state index contributed by atoms with van der Waals surface area (Å²) >= 11 is 0. The maximum absolute atomic E-state index is 12.7. The third kappa shape index (κ3) is 3.55. The van der Waals surface area contributed by atoms with Crippen molar-refractivity contribution in [2.24, 2.45) is 5.73 Å². The van der Waals surface area contributed by atoms with Gasteiger partial charge in [-0.1, -0.05) is 0 Å². The van der Waals surface area contributed by atoms with Crippen molar-refractivity contribution >= 4 is 10.0 Å². The van der Waals surface area contributed by atoms with Crippen molar-refractivity contribution in [2.75, 3.05) is 26.8 Å². The molecule has 7 heteroatoms. The van der Waals surface area contributed by atoms with Crippen molar-refractivity contribution in [3.05, 3.63) is 23.8 Å². The van der Waals surface area contributed by atoms with Gasteiger partial charge < -0.3 is 15.2 Å². The van der Waals surface area contributed by atoms with Gasteiger partial charge in [0.2, 0.25) is 10.0 Å². The van der Waals surface area contributed by atoms with E-state index in [2.05, 4.69) is 0 Å². The van der Waals surface area contributed by atoms with Gasteiger partial charge >= 0.3 is 0 Å². The fourth-order valence-electron chi connectivity index (χ4n) is 2.40. The van der Waals surface area contributed by atoms with E-state index in [0.717, 1.165) is 0 Å². The van der Waals surface area contributed by atoms with Gasteiger partial charge in [-0.05, 0) is 31.5 Å². The highest BCUT2D eigenvalue weighted by Crippen LogP contribution is 2.25. The van der Waals surface area contributed by atoms with Crippen LogP contribution >= 0.6 is 0 Å². The molecule has 1 aromatic rings. The molecule has 0 aliphatic carbocycles. The largest absolute Gasteiger partial charge is 0.496 e. The Hall–Kier alpha value is -1.15. The fraction of sp³-hybridized carbons (Fsp3) is 0.571. The fourth-order valence-corrected chi connectivity index (χ4v) is 4.00. The number of methoxy groups -OCH3 is 1. The number of ether oxygens (including phenoxy) is 2. The quantitative estimate of drug-likeness (QED) is 0.895. The highest BCUT2D eigenvalue weighted by atomic mass is 32.2. The van der Waals surface area contributed by atoms with Crippen LogP contribution in [0.1, 0.15) is 18.9 Å². The number of hydrogen-bond acceptors (Lipinski definition) is 5. The molecular weight excluding hydrogens is 292 g/mol. The average molecular weight is 314 g/mol. The summed E-state index contributed by atoms with van der Waals surface area (Å²) in [4.78, 5) is 0.248. The van der Waals surface area contributed by atoms with Gasteiger partial charge in [0.25, 0.3) is 0 Å². The molecule has 2 rings (SSSR count). The predicted molar refractivity (Wildman–Crippen MR) is 79.7 cm³/mol. The zero-order chi connectivity index (χ0) is 15.5. The molecule has 1 saturated heterocycles. The second-order valence-electron chi connectivity index (χ2n) is 5.08. The van der Waals surface area contributed by atoms with Crippen LogP contribution in [0, 0.1) is 0 Å². The van der Waals surface area contributed by atoms with Crippen LogP contribution in [0.5, 0.6) is 5.75 Å². The molecular formula is C14H22N2O4S. The Kier molecular flexibility index (Phi) is 5.21. The number of rotatable bonds is 4. The maximum Gasteiger partial charge on any atom is 0.243 e. The minimum atomic E-state index is -3.53. The monoisotopic (exact) mass is 314 g/mol. The van der Waals surface area contributed by atoms with Crippen molar-refractivity contribution < 1.29 is 17.9 Å². The van der Waals surface area contributed by atoms with Crippen LogP contribution in [-0.4, -0.2) is 45.6 Å². The molecule has 1 aromatic carbocycles. The smallest absolute Gasteiger partial charge is 0.243 e. The van der Waals surface area contributed by atoms with Gasteiger partial charge in [0, 0.05) is 31.8 Å². The van der Waals surface area contributed by atoms with E-state index in [9.17, 15) is 8.42 Å². The van der Waals surface area contributed by atoms with Gasteiger partial charge in [-0.25, -0.2) is 8.42 Å². The van der Waals surface area contributed by atoms with Crippen molar-refractivity contribution in [2.45, 2.75) is 30.9 Å². The number of nitrogens with zero attached hydrogens (tertiary/aromatic N) is 1. The van der Waals surface area contributed by atoms with Crippen LogP contribution < -0.4 is 10.5 Å². The molecule has 2 N–H and O–H groups in total. The van der Waals surface area contributed by atoms with Crippen LogP contribution in [0.3, 0.4) is 0 Å². The maximum atomic E-state index is 12.7. The van der Waals surface area contributed by atoms with E-state index >= 15 is 0 Å². The molecule has 118 valence electrons. The SMILES string of the molecule is COc1ccc(S(=O)(=O)N2CCCOC(C)C2)cc1CN. The highest BCUT2D eigenvalue weighted by Gasteiger charge is 2.28. The molecule has 1 fully saturated rings. The molecule has 1 unspecified atom stereocenters. The summed E-state index contributed by atoms with van der Waals surface area (Å²) in [6.45, 7) is 3.53. The average Bonchev–Trinajstić information content (AvgIpc) is 2.71. The van der Waals surface area contributed by atoms with E-state index < -0.39 is 10.0 Å². The lowest BCUT2D eigenvalue weighted by Gasteiger charge is -2.22. The number of hydrogen-bond donors (Lipinski definition) is 1. The van der Waals surface area contributed by atoms with Gasteiger partial charge in [-0.2, -0.15) is 4.31 Å². The van der Waals surface area contributed by atoms with Crippen LogP contribution in [0.25, 0.3) is 0 Å². The molecule has 0 bridgehead atoms. The first-order valence-corrected chi connectivity index (χ1v) is 8.41. The molecule has 1 atom stereocenters. The molecule has 1 aliphatic heterocycles. The molecule has 21 heavy (non-hydrogen) atoms. The van der Waals surface area contributed by atoms with Crippen molar-refractivity contribution in [1.82, 2.24) is 4.31 Å². The third-order valence-electron chi connectivity index (χ3n) is 3.52. The summed E-state index contributed by atoms with van der Waals surface area (Å²) < 4.78 is 37.6. The zero-order valence-corrected chi connectivity index (χ0v) is 13.2. The summed E-state index contributed by atoms with van der Waals surface area (Å²) in [6.07, 6.45) is 0.596. The first kappa shape index (κ1) is 16.2. The third-order valence-corrected chi connectivity index (χ3v) is 5.39. The van der Waals surface area contributed by atoms with Gasteiger partial charge in [0.1, 0.15) is 5.75 Å². The zero-order valence-electron chi connectivity index (χ0n) is 12.4. The second-order valence-corrected chi connectivity index (χ2v) is 7.01. The molecule has 0 aromatic heterocycles. The lowest BCUT2D eigenvalue weighted by molar-refractivity contribution is 0.0752. The standard InChI is InChI=1S/C14H22N2O4S/c1-11-10-16(6-3-7-20-11)21(17,18)13-4-5-14(19-2)12(8-13)9-15/h4-5,8,11H,3,6-7,9-10,15H2,1-2H3. The minimum Gasteiger partial charge on any atom is -0.496 e. The Morgan fingerprint density at radius 3 is 2.90 bits per heavy atom. The summed E-state index contributed by atoms with van der Waals surface area (Å²) in [7, 11) is -2.00. The lowest BCUT2D eigenvalue weighted by atomic mass is 10.2. The van der Waals surface area contributed by atoms with Crippen molar-refractivity contribution in [1.29, 1.82) is 0 Å². The van der Waals surface area contributed by atoms with E-state index in [1.165, 1.54) is 11.4 Å². The van der Waals surface area contributed by atoms with Gasteiger partial charge in [0.15, 0.2) is 0 Å². The number of nitrogens with two attached hydrogens (primary N) is 1. The van der Waals surface area contributed by atoms with Crippen molar-refractivity contribution in [3.63, 3.8) is 0 Å². The molecule has 0 spiro atoms. The summed E-state index contributed by atoms with van der Waals surface area (Å²) in [5.41, 5.74) is 6.33. The van der Waals surface area contributed by atoms with Crippen LogP contribution in [0.15, 0.2) is 23.1 Å². The summed E-state index contributed by atoms with van der Waals surface area (Å²) in [6, 6.07) is 4.79. The van der Waals surface area contributed by atoms with E-state index in [-0.39, 0.29) is 17.5 Å². The molecule has 6 nitrogen and oxygen atoms in total. The Bertz CT molecular complexity index is 589. The first-order chi connectivity index (χ1) is 9.98. The number of benzene rings is 1. The molecule has 1 aliphatic rings. The van der Waals surface area contributed by atoms with Crippen molar-refractivity contribution in [3.8, 4) is 5.75 Å². The van der Waals surface area contributed by atoms with Crippen LogP contribution in [-0.2, 0) is 21.3 Å². The summed E-state index contributed by atoms with van der Waals surface area (Å²) in [5, 5.41) is 0. The van der Waals surface area contributed by atoms with Crippen LogP contribution in [0.4, 0.5) is 0 Å². The van der Waals surface area contributed by atoms with E-state index in [0.29, 0.717) is 37.4 Å². The normalized spacial score (nSPS) is 21.0. The lowest BCUT2D eigenvalue weighted by Crippen LogP contribution is -2.36. The topological polar surface area (TPSA) is 81.9 Å². The Morgan fingerprint density at radius 1 is 1.48 bits per heavy atom. The second kappa shape index (κ2) is 6.74. The van der Waals surface area contributed by atoms with E-state index in [4.69, 9.17) is 15.2 Å². The Balaban J connectivity index is 2.34. The van der Waals surface area contributed by atoms with Gasteiger partial charge in [0.05, 0.1) is 18.1 Å². The van der Waals surface area contributed by atoms with Gasteiger partial charge in [-0.3, -0.25) is 0 Å². The van der Waals surface area contributed by atoms with E-state index in [1.54, 1.807) is 18.2 Å². The summed E-state index contributed by atoms with van der Waals surface area (Å²) in [5.74, 6) is 0.601. The molecule has 0 saturated carbocycles. The molecule has 0 amide bonds. The minimum absolute atomic E-state index is 0.102. The first-order valence-electron chi connectivity index (χ1n) is 6.97. The van der Waals surface area contributed by atoms with Gasteiger partial charge in [-0.15, -0.1) is 0 Å². The molecule has 1 heterocycles. The van der Waals surface area contributed by atoms with E-state index in [1.807, 2.05) is 6.92 Å². The number of sulfonamides is 1. The predicted octanol–water partition coefficient (Wildman–Crippen LogP) is 0.953.